The summed E-state index contributed by atoms with van der Waals surface area (Å²) < 4.78 is 5.32. The molecule has 1 atom stereocenters. The molecule has 1 aliphatic rings. The van der Waals surface area contributed by atoms with Gasteiger partial charge < -0.3 is 4.74 Å². The first kappa shape index (κ1) is 13.1. The lowest BCUT2D eigenvalue weighted by Gasteiger charge is -2.11. The van der Waals surface area contributed by atoms with Crippen LogP contribution < -0.4 is 0 Å². The van der Waals surface area contributed by atoms with Crippen molar-refractivity contribution in [2.45, 2.75) is 51.0 Å². The summed E-state index contributed by atoms with van der Waals surface area (Å²) in [6, 6.07) is 11.2. The zero-order valence-corrected chi connectivity index (χ0v) is 11.3. The summed E-state index contributed by atoms with van der Waals surface area (Å²) in [5.74, 6) is 0.956. The third kappa shape index (κ3) is 4.17. The Labute approximate surface area is 110 Å². The van der Waals surface area contributed by atoms with Gasteiger partial charge in [0.2, 0.25) is 0 Å². The molecule has 1 aliphatic heterocycles. The molecule has 0 saturated heterocycles. The van der Waals surface area contributed by atoms with Gasteiger partial charge in [-0.05, 0) is 37.7 Å². The zero-order chi connectivity index (χ0) is 12.6. The first-order chi connectivity index (χ1) is 8.88. The van der Waals surface area contributed by atoms with Gasteiger partial charge in [-0.1, -0.05) is 36.8 Å². The second-order valence-corrected chi connectivity index (χ2v) is 5.00. The van der Waals surface area contributed by atoms with E-state index in [0.29, 0.717) is 6.04 Å². The maximum atomic E-state index is 5.32. The first-order valence-electron chi connectivity index (χ1n) is 7.03. The van der Waals surface area contributed by atoms with Crippen LogP contribution in [0.5, 0.6) is 0 Å². The molecule has 0 spiro atoms. The van der Waals surface area contributed by atoms with Crippen LogP contribution in [0, 0.1) is 0 Å². The molecular formula is C16H23NO. The van der Waals surface area contributed by atoms with Crippen LogP contribution in [0.2, 0.25) is 0 Å². The Morgan fingerprint density at radius 3 is 2.83 bits per heavy atom. The summed E-state index contributed by atoms with van der Waals surface area (Å²) in [5, 5.41) is 0. The number of hydrogen-bond donors (Lipinski definition) is 0. The van der Waals surface area contributed by atoms with Gasteiger partial charge in [0, 0.05) is 6.42 Å². The van der Waals surface area contributed by atoms with E-state index in [0.717, 1.165) is 18.7 Å². The normalized spacial score (nSPS) is 20.1. The van der Waals surface area contributed by atoms with Gasteiger partial charge in [0.05, 0.1) is 13.2 Å². The molecule has 2 heteroatoms. The van der Waals surface area contributed by atoms with Gasteiger partial charge in [0.1, 0.15) is 0 Å². The minimum absolute atomic E-state index is 0.478. The van der Waals surface area contributed by atoms with Crippen LogP contribution in [0.15, 0.2) is 35.3 Å². The van der Waals surface area contributed by atoms with E-state index in [-0.39, 0.29) is 0 Å². The third-order valence-electron chi connectivity index (χ3n) is 3.59. The molecule has 0 aromatic heterocycles. The average Bonchev–Trinajstić information content (AvgIpc) is 2.65. The quantitative estimate of drug-likeness (QED) is 0.785. The highest BCUT2D eigenvalue weighted by molar-refractivity contribution is 5.76. The molecule has 98 valence electrons. The van der Waals surface area contributed by atoms with Gasteiger partial charge in [0.15, 0.2) is 5.90 Å². The van der Waals surface area contributed by atoms with Gasteiger partial charge in [-0.2, -0.15) is 0 Å². The molecule has 1 heterocycles. The van der Waals surface area contributed by atoms with E-state index >= 15 is 0 Å². The van der Waals surface area contributed by atoms with Crippen LogP contribution in [0.1, 0.15) is 44.1 Å². The predicted molar refractivity (Wildman–Crippen MR) is 76.1 cm³/mol. The van der Waals surface area contributed by atoms with Crippen molar-refractivity contribution in [2.24, 2.45) is 4.99 Å². The van der Waals surface area contributed by atoms with Crippen molar-refractivity contribution in [3.8, 4) is 0 Å². The van der Waals surface area contributed by atoms with Crippen molar-refractivity contribution in [2.75, 3.05) is 7.11 Å². The number of benzene rings is 1. The van der Waals surface area contributed by atoms with Crippen LogP contribution >= 0.6 is 0 Å². The van der Waals surface area contributed by atoms with E-state index in [2.05, 4.69) is 30.3 Å². The second kappa shape index (κ2) is 7.20. The number of aryl methyl sites for hydroxylation is 1. The molecule has 0 radical (unpaired) electrons. The largest absolute Gasteiger partial charge is 0.484 e. The van der Waals surface area contributed by atoms with Crippen molar-refractivity contribution in [1.82, 2.24) is 0 Å². The van der Waals surface area contributed by atoms with Crippen LogP contribution in [-0.2, 0) is 11.2 Å². The molecule has 0 bridgehead atoms. The zero-order valence-electron chi connectivity index (χ0n) is 11.3. The Kier molecular flexibility index (Phi) is 5.25. The molecule has 0 saturated carbocycles. The highest BCUT2D eigenvalue weighted by Gasteiger charge is 2.13. The van der Waals surface area contributed by atoms with Crippen LogP contribution in [0.4, 0.5) is 0 Å². The lowest BCUT2D eigenvalue weighted by atomic mass is 10.0. The topological polar surface area (TPSA) is 21.6 Å². The second-order valence-electron chi connectivity index (χ2n) is 5.00. The molecule has 2 rings (SSSR count). The number of aliphatic imine (C=N–C) groups is 1. The molecule has 1 aromatic carbocycles. The molecule has 0 aliphatic carbocycles. The number of hydrogen-bond acceptors (Lipinski definition) is 2. The van der Waals surface area contributed by atoms with E-state index in [1.165, 1.54) is 37.7 Å². The summed E-state index contributed by atoms with van der Waals surface area (Å²) in [7, 11) is 1.74. The van der Waals surface area contributed by atoms with Crippen molar-refractivity contribution >= 4 is 5.90 Å². The van der Waals surface area contributed by atoms with E-state index < -0.39 is 0 Å². The smallest absolute Gasteiger partial charge is 0.183 e. The Morgan fingerprint density at radius 2 is 2.06 bits per heavy atom. The molecule has 0 N–H and O–H groups in total. The van der Waals surface area contributed by atoms with Crippen LogP contribution in [0.3, 0.4) is 0 Å². The SMILES string of the molecule is COC1=NC(CCCc2ccccc2)CCCC1. The van der Waals surface area contributed by atoms with E-state index in [1.807, 2.05) is 0 Å². The summed E-state index contributed by atoms with van der Waals surface area (Å²) >= 11 is 0. The number of methoxy groups -OCH3 is 1. The lowest BCUT2D eigenvalue weighted by molar-refractivity contribution is 0.385. The van der Waals surface area contributed by atoms with E-state index in [4.69, 9.17) is 9.73 Å². The van der Waals surface area contributed by atoms with Crippen LogP contribution in [-0.4, -0.2) is 19.0 Å². The Bertz CT molecular complexity index is 372. The van der Waals surface area contributed by atoms with Crippen molar-refractivity contribution in [1.29, 1.82) is 0 Å². The molecule has 0 amide bonds. The van der Waals surface area contributed by atoms with Gasteiger partial charge in [-0.3, -0.25) is 4.99 Å². The fraction of sp³-hybridized carbons (Fsp3) is 0.562. The standard InChI is InChI=1S/C16H23NO/c1-18-16-13-6-5-11-15(17-16)12-7-10-14-8-3-2-4-9-14/h2-4,8-9,15H,5-7,10-13H2,1H3. The fourth-order valence-corrected chi connectivity index (χ4v) is 2.54. The molecule has 0 fully saturated rings. The minimum atomic E-state index is 0.478. The molecule has 1 unspecified atom stereocenters. The summed E-state index contributed by atoms with van der Waals surface area (Å²) in [4.78, 5) is 4.72. The molecular weight excluding hydrogens is 222 g/mol. The minimum Gasteiger partial charge on any atom is -0.484 e. The summed E-state index contributed by atoms with van der Waals surface area (Å²) in [6.45, 7) is 0. The first-order valence-corrected chi connectivity index (χ1v) is 7.03. The van der Waals surface area contributed by atoms with Crippen molar-refractivity contribution in [3.63, 3.8) is 0 Å². The fourth-order valence-electron chi connectivity index (χ4n) is 2.54. The predicted octanol–water partition coefficient (Wildman–Crippen LogP) is 4.00. The van der Waals surface area contributed by atoms with Gasteiger partial charge >= 0.3 is 0 Å². The maximum absolute atomic E-state index is 5.32. The highest BCUT2D eigenvalue weighted by Crippen LogP contribution is 2.19. The Hall–Kier alpha value is -1.31. The van der Waals surface area contributed by atoms with Gasteiger partial charge in [-0.15, -0.1) is 0 Å². The molecule has 18 heavy (non-hydrogen) atoms. The summed E-state index contributed by atoms with van der Waals surface area (Å²) in [6.07, 6.45) is 8.31. The van der Waals surface area contributed by atoms with Gasteiger partial charge in [-0.25, -0.2) is 0 Å². The van der Waals surface area contributed by atoms with Crippen molar-refractivity contribution < 1.29 is 4.74 Å². The number of ether oxygens (including phenoxy) is 1. The van der Waals surface area contributed by atoms with Crippen molar-refractivity contribution in [3.05, 3.63) is 35.9 Å². The molecule has 1 aromatic rings. The number of rotatable bonds is 4. The average molecular weight is 245 g/mol. The highest BCUT2D eigenvalue weighted by atomic mass is 16.5. The maximum Gasteiger partial charge on any atom is 0.183 e. The monoisotopic (exact) mass is 245 g/mol. The lowest BCUT2D eigenvalue weighted by Crippen LogP contribution is -2.08. The van der Waals surface area contributed by atoms with E-state index in [1.54, 1.807) is 7.11 Å². The Morgan fingerprint density at radius 1 is 1.22 bits per heavy atom. The van der Waals surface area contributed by atoms with Crippen LogP contribution in [0.25, 0.3) is 0 Å². The summed E-state index contributed by atoms with van der Waals surface area (Å²) in [5.41, 5.74) is 1.43. The Balaban J connectivity index is 1.78. The molecule has 2 nitrogen and oxygen atoms in total. The van der Waals surface area contributed by atoms with E-state index in [9.17, 15) is 0 Å². The van der Waals surface area contributed by atoms with Gasteiger partial charge in [0.25, 0.3) is 0 Å². The number of nitrogens with zero attached hydrogens (tertiary/aromatic N) is 1. The third-order valence-corrected chi connectivity index (χ3v) is 3.59.